The number of alkyl halides is 3. The molecule has 29 heavy (non-hydrogen) atoms. The maximum atomic E-state index is 11.7. The topological polar surface area (TPSA) is 92.2 Å². The van der Waals surface area contributed by atoms with Gasteiger partial charge in [0, 0.05) is 45.5 Å². The van der Waals surface area contributed by atoms with Crippen molar-refractivity contribution in [1.82, 2.24) is 14.8 Å². The molecule has 0 aliphatic carbocycles. The molecule has 3 heterocycles. The van der Waals surface area contributed by atoms with Gasteiger partial charge in [-0.05, 0) is 11.6 Å². The number of rotatable bonds is 2. The van der Waals surface area contributed by atoms with Gasteiger partial charge < -0.3 is 19.5 Å². The van der Waals surface area contributed by atoms with E-state index in [-0.39, 0.29) is 5.91 Å². The third-order valence-corrected chi connectivity index (χ3v) is 4.49. The van der Waals surface area contributed by atoms with E-state index in [2.05, 4.69) is 16.0 Å². The Morgan fingerprint density at radius 2 is 2.00 bits per heavy atom. The van der Waals surface area contributed by atoms with Crippen LogP contribution in [0.3, 0.4) is 0 Å². The number of carboxylic acid groups (broad SMARTS) is 1. The van der Waals surface area contributed by atoms with Gasteiger partial charge in [0.2, 0.25) is 5.91 Å². The molecule has 1 unspecified atom stereocenters. The highest BCUT2D eigenvalue weighted by Crippen LogP contribution is 2.23. The molecule has 8 nitrogen and oxygen atoms in total. The smallest absolute Gasteiger partial charge is 0.475 e. The largest absolute Gasteiger partial charge is 0.490 e. The van der Waals surface area contributed by atoms with E-state index in [9.17, 15) is 18.0 Å². The third kappa shape index (κ3) is 7.26. The van der Waals surface area contributed by atoms with Crippen LogP contribution < -0.4 is 0 Å². The zero-order valence-electron chi connectivity index (χ0n) is 16.0. The Morgan fingerprint density at radius 1 is 1.28 bits per heavy atom. The molecule has 1 N–H and O–H groups in total. The Morgan fingerprint density at radius 3 is 2.59 bits per heavy atom. The van der Waals surface area contributed by atoms with Crippen LogP contribution in [0.4, 0.5) is 13.2 Å². The molecule has 0 saturated carbocycles. The zero-order valence-corrected chi connectivity index (χ0v) is 16.0. The molecule has 3 rings (SSSR count). The molecule has 0 radical (unpaired) electrons. The number of hydrogen-bond donors (Lipinski definition) is 1. The molecular formula is C18H24F3N3O5. The summed E-state index contributed by atoms with van der Waals surface area (Å²) in [7, 11) is 0. The number of carbonyl (C=O) groups is 2. The first kappa shape index (κ1) is 23.0. The van der Waals surface area contributed by atoms with Crippen molar-refractivity contribution in [3.8, 4) is 0 Å². The van der Waals surface area contributed by atoms with E-state index < -0.39 is 17.7 Å². The van der Waals surface area contributed by atoms with E-state index in [0.29, 0.717) is 32.9 Å². The van der Waals surface area contributed by atoms with E-state index in [1.807, 2.05) is 17.2 Å². The van der Waals surface area contributed by atoms with Crippen LogP contribution in [0.2, 0.25) is 0 Å². The van der Waals surface area contributed by atoms with E-state index in [0.717, 1.165) is 19.6 Å². The fraction of sp³-hybridized carbons (Fsp3) is 0.611. The Bertz CT molecular complexity index is 689. The fourth-order valence-electron chi connectivity index (χ4n) is 3.17. The van der Waals surface area contributed by atoms with Crippen LogP contribution in [0.25, 0.3) is 0 Å². The summed E-state index contributed by atoms with van der Waals surface area (Å²) in [5.41, 5.74) is 0.778. The SMILES string of the molecule is CC(=O)N1CCOCC2(CN(Cc3cccnc3)CCO2)C1.O=C(O)C(F)(F)F. The molecule has 2 aliphatic rings. The van der Waals surface area contributed by atoms with Crippen LogP contribution >= 0.6 is 0 Å². The van der Waals surface area contributed by atoms with E-state index in [1.165, 1.54) is 5.56 Å². The zero-order chi connectivity index (χ0) is 21.5. The number of carboxylic acids is 1. The molecule has 11 heteroatoms. The van der Waals surface area contributed by atoms with Crippen molar-refractivity contribution in [1.29, 1.82) is 0 Å². The number of amides is 1. The van der Waals surface area contributed by atoms with Gasteiger partial charge in [-0.2, -0.15) is 13.2 Å². The lowest BCUT2D eigenvalue weighted by molar-refractivity contribution is -0.192. The van der Waals surface area contributed by atoms with Crippen LogP contribution in [0.15, 0.2) is 24.5 Å². The third-order valence-electron chi connectivity index (χ3n) is 4.49. The summed E-state index contributed by atoms with van der Waals surface area (Å²) in [5.74, 6) is -2.68. The molecule has 2 fully saturated rings. The van der Waals surface area contributed by atoms with Gasteiger partial charge in [0.25, 0.3) is 0 Å². The standard InChI is InChI=1S/C16H23N3O3.C2HF3O2/c1-14(20)19-6-7-21-13-16(12-19)11-18(5-8-22-16)10-15-3-2-4-17-9-15;3-2(4,5)1(6)7/h2-4,9H,5-8,10-13H2,1H3;(H,6,7). The molecule has 2 aliphatic heterocycles. The van der Waals surface area contributed by atoms with Gasteiger partial charge in [-0.1, -0.05) is 6.07 Å². The quantitative estimate of drug-likeness (QED) is 0.769. The molecular weight excluding hydrogens is 395 g/mol. The first-order chi connectivity index (χ1) is 13.6. The Labute approximate surface area is 166 Å². The van der Waals surface area contributed by atoms with Crippen molar-refractivity contribution in [2.45, 2.75) is 25.2 Å². The van der Waals surface area contributed by atoms with Crippen molar-refractivity contribution in [3.05, 3.63) is 30.1 Å². The number of pyridine rings is 1. The summed E-state index contributed by atoms with van der Waals surface area (Å²) >= 11 is 0. The van der Waals surface area contributed by atoms with Crippen LogP contribution in [0.1, 0.15) is 12.5 Å². The van der Waals surface area contributed by atoms with Gasteiger partial charge in [0.05, 0.1) is 26.4 Å². The predicted octanol–water partition coefficient (Wildman–Crippen LogP) is 1.16. The summed E-state index contributed by atoms with van der Waals surface area (Å²) in [6.07, 6.45) is -1.40. The molecule has 1 atom stereocenters. The lowest BCUT2D eigenvalue weighted by Crippen LogP contribution is -2.58. The molecule has 1 spiro atoms. The molecule has 1 amide bonds. The van der Waals surface area contributed by atoms with Crippen molar-refractivity contribution >= 4 is 11.9 Å². The van der Waals surface area contributed by atoms with Crippen molar-refractivity contribution in [2.24, 2.45) is 0 Å². The highest BCUT2D eigenvalue weighted by atomic mass is 19.4. The Hall–Kier alpha value is -2.24. The van der Waals surface area contributed by atoms with Crippen LogP contribution in [-0.4, -0.2) is 89.5 Å². The van der Waals surface area contributed by atoms with Crippen molar-refractivity contribution in [3.63, 3.8) is 0 Å². The molecule has 162 valence electrons. The van der Waals surface area contributed by atoms with Crippen LogP contribution in [0.5, 0.6) is 0 Å². The summed E-state index contributed by atoms with van der Waals surface area (Å²) in [5, 5.41) is 7.12. The summed E-state index contributed by atoms with van der Waals surface area (Å²) < 4.78 is 43.5. The van der Waals surface area contributed by atoms with Gasteiger partial charge in [-0.3, -0.25) is 14.7 Å². The van der Waals surface area contributed by atoms with Crippen LogP contribution in [-0.2, 0) is 25.6 Å². The molecule has 2 saturated heterocycles. The Kier molecular flexibility index (Phi) is 7.94. The average Bonchev–Trinajstić information content (AvgIpc) is 2.85. The Balaban J connectivity index is 0.000000370. The number of nitrogens with zero attached hydrogens (tertiary/aromatic N) is 3. The number of ether oxygens (including phenoxy) is 2. The number of aromatic nitrogens is 1. The minimum Gasteiger partial charge on any atom is -0.475 e. The monoisotopic (exact) mass is 419 g/mol. The van der Waals surface area contributed by atoms with Gasteiger partial charge >= 0.3 is 12.1 Å². The maximum absolute atomic E-state index is 11.7. The van der Waals surface area contributed by atoms with Gasteiger partial charge in [0.1, 0.15) is 5.60 Å². The van der Waals surface area contributed by atoms with Gasteiger partial charge in [-0.15, -0.1) is 0 Å². The minimum absolute atomic E-state index is 0.0813. The number of hydrogen-bond acceptors (Lipinski definition) is 6. The second kappa shape index (κ2) is 9.99. The molecule has 1 aromatic heterocycles. The molecule has 1 aromatic rings. The number of halogens is 3. The van der Waals surface area contributed by atoms with E-state index in [1.54, 1.807) is 13.1 Å². The van der Waals surface area contributed by atoms with Crippen molar-refractivity contribution in [2.75, 3.05) is 46.0 Å². The fourth-order valence-corrected chi connectivity index (χ4v) is 3.17. The average molecular weight is 419 g/mol. The summed E-state index contributed by atoms with van der Waals surface area (Å²) in [4.78, 5) is 29.0. The van der Waals surface area contributed by atoms with Gasteiger partial charge in [-0.25, -0.2) is 4.79 Å². The maximum Gasteiger partial charge on any atom is 0.490 e. The second-order valence-electron chi connectivity index (χ2n) is 6.90. The van der Waals surface area contributed by atoms with Crippen molar-refractivity contribution < 1.29 is 37.3 Å². The minimum atomic E-state index is -5.08. The highest BCUT2D eigenvalue weighted by molar-refractivity contribution is 5.73. The van der Waals surface area contributed by atoms with E-state index in [4.69, 9.17) is 19.4 Å². The second-order valence-corrected chi connectivity index (χ2v) is 6.90. The number of carbonyl (C=O) groups excluding carboxylic acids is 1. The number of morpholine rings is 1. The first-order valence-corrected chi connectivity index (χ1v) is 9.00. The molecule has 0 aromatic carbocycles. The summed E-state index contributed by atoms with van der Waals surface area (Å²) in [6, 6.07) is 4.04. The normalized spacial score (nSPS) is 23.1. The van der Waals surface area contributed by atoms with Crippen LogP contribution in [0, 0.1) is 0 Å². The first-order valence-electron chi connectivity index (χ1n) is 9.00. The summed E-state index contributed by atoms with van der Waals surface area (Å²) in [6.45, 7) is 7.13. The lowest BCUT2D eigenvalue weighted by atomic mass is 10.0. The predicted molar refractivity (Wildman–Crippen MR) is 95.0 cm³/mol. The lowest BCUT2D eigenvalue weighted by Gasteiger charge is -2.43. The molecule has 0 bridgehead atoms. The highest BCUT2D eigenvalue weighted by Gasteiger charge is 2.41. The number of aliphatic carboxylic acids is 1. The van der Waals surface area contributed by atoms with E-state index >= 15 is 0 Å². The van der Waals surface area contributed by atoms with Gasteiger partial charge in [0.15, 0.2) is 0 Å².